The summed E-state index contributed by atoms with van der Waals surface area (Å²) in [6, 6.07) is 72.3. The fourth-order valence-electron chi connectivity index (χ4n) is 9.43. The molecular weight excluding hydrogens is 681 g/mol. The van der Waals surface area contributed by atoms with Crippen molar-refractivity contribution in [2.45, 2.75) is 9.79 Å². The molecule has 0 fully saturated rings. The van der Waals surface area contributed by atoms with Gasteiger partial charge in [-0.25, -0.2) is 0 Å². The maximum absolute atomic E-state index is 2.36. The van der Waals surface area contributed by atoms with Crippen molar-refractivity contribution in [2.75, 3.05) is 0 Å². The molecule has 12 aromatic rings. The third kappa shape index (κ3) is 4.54. The first-order valence-corrected chi connectivity index (χ1v) is 19.8. The molecule has 254 valence electrons. The molecule has 0 saturated carbocycles. The second-order valence-electron chi connectivity index (χ2n) is 14.7. The Hall–Kier alpha value is -6.67. The Morgan fingerprint density at radius 1 is 0.255 bits per heavy atom. The lowest BCUT2D eigenvalue weighted by atomic mass is 9.83. The van der Waals surface area contributed by atoms with Gasteiger partial charge in [-0.1, -0.05) is 194 Å². The van der Waals surface area contributed by atoms with Crippen LogP contribution in [-0.2, 0) is 0 Å². The van der Waals surface area contributed by atoms with E-state index in [-0.39, 0.29) is 0 Å². The minimum absolute atomic E-state index is 1.24. The molecule has 0 nitrogen and oxygen atoms in total. The van der Waals surface area contributed by atoms with Crippen LogP contribution in [-0.4, -0.2) is 0 Å². The van der Waals surface area contributed by atoms with E-state index in [0.717, 1.165) is 0 Å². The van der Waals surface area contributed by atoms with E-state index >= 15 is 0 Å². The van der Waals surface area contributed by atoms with Gasteiger partial charge in [-0.2, -0.15) is 0 Å². The first-order valence-electron chi connectivity index (χ1n) is 19.0. The highest BCUT2D eigenvalue weighted by atomic mass is 32.2. The molecule has 55 heavy (non-hydrogen) atoms. The van der Waals surface area contributed by atoms with Crippen molar-refractivity contribution in [3.05, 3.63) is 194 Å². The van der Waals surface area contributed by atoms with Gasteiger partial charge in [0.05, 0.1) is 0 Å². The Labute approximate surface area is 322 Å². The molecule has 0 aliphatic heterocycles. The number of hydrogen-bond acceptors (Lipinski definition) is 1. The van der Waals surface area contributed by atoms with Crippen molar-refractivity contribution in [3.63, 3.8) is 0 Å². The van der Waals surface area contributed by atoms with E-state index in [1.807, 2.05) is 11.8 Å². The summed E-state index contributed by atoms with van der Waals surface area (Å²) in [6.07, 6.45) is 0. The molecule has 0 amide bonds. The van der Waals surface area contributed by atoms with Crippen molar-refractivity contribution >= 4 is 97.9 Å². The molecule has 0 atom stereocenters. The average Bonchev–Trinajstić information content (AvgIpc) is 3.25. The maximum atomic E-state index is 2.36. The van der Waals surface area contributed by atoms with Crippen LogP contribution in [0.4, 0.5) is 0 Å². The quantitative estimate of drug-likeness (QED) is 0.129. The zero-order chi connectivity index (χ0) is 36.0. The fourth-order valence-corrected chi connectivity index (χ4v) is 10.6. The SMILES string of the molecule is c1ccc2cc(-c3c4ccccc4c(-c4c5ccccc5c(Sc5ccc6ccc7cccc8ccc5c6c78)c5ccccc45)c4ccccc34)ccc2c1. The number of benzene rings is 12. The van der Waals surface area contributed by atoms with Crippen LogP contribution in [0.25, 0.3) is 108 Å². The number of rotatable bonds is 4. The lowest BCUT2D eigenvalue weighted by Gasteiger charge is -2.22. The van der Waals surface area contributed by atoms with Crippen LogP contribution in [0.15, 0.2) is 204 Å². The Kier molecular flexibility index (Phi) is 6.66. The molecule has 1 heteroatoms. The molecule has 0 aromatic heterocycles. The van der Waals surface area contributed by atoms with Gasteiger partial charge in [0.1, 0.15) is 0 Å². The second-order valence-corrected chi connectivity index (χ2v) is 15.8. The molecule has 12 rings (SSSR count). The van der Waals surface area contributed by atoms with Crippen molar-refractivity contribution in [1.29, 1.82) is 0 Å². The molecule has 0 heterocycles. The van der Waals surface area contributed by atoms with Gasteiger partial charge in [-0.3, -0.25) is 0 Å². The normalized spacial score (nSPS) is 12.1. The Balaban J connectivity index is 1.15. The summed E-state index contributed by atoms with van der Waals surface area (Å²) in [7, 11) is 0. The van der Waals surface area contributed by atoms with Gasteiger partial charge in [-0.05, 0) is 121 Å². The zero-order valence-electron chi connectivity index (χ0n) is 29.9. The van der Waals surface area contributed by atoms with Gasteiger partial charge in [-0.15, -0.1) is 0 Å². The summed E-state index contributed by atoms with van der Waals surface area (Å²) in [5, 5.41) is 20.6. The smallest absolute Gasteiger partial charge is 0.0279 e. The van der Waals surface area contributed by atoms with Crippen molar-refractivity contribution in [3.8, 4) is 22.3 Å². The number of fused-ring (bicyclic) bond motifs is 5. The van der Waals surface area contributed by atoms with Gasteiger partial charge in [0.25, 0.3) is 0 Å². The molecule has 0 bridgehead atoms. The lowest BCUT2D eigenvalue weighted by molar-refractivity contribution is 1.53. The van der Waals surface area contributed by atoms with Crippen LogP contribution in [0.1, 0.15) is 0 Å². The summed E-state index contributed by atoms with van der Waals surface area (Å²) in [6.45, 7) is 0. The lowest BCUT2D eigenvalue weighted by Crippen LogP contribution is -1.94. The maximum Gasteiger partial charge on any atom is 0.0279 e. The zero-order valence-corrected chi connectivity index (χ0v) is 30.7. The van der Waals surface area contributed by atoms with Gasteiger partial charge in [0.2, 0.25) is 0 Å². The molecule has 0 N–H and O–H groups in total. The van der Waals surface area contributed by atoms with Gasteiger partial charge >= 0.3 is 0 Å². The van der Waals surface area contributed by atoms with Crippen molar-refractivity contribution < 1.29 is 0 Å². The van der Waals surface area contributed by atoms with Gasteiger partial charge in [0.15, 0.2) is 0 Å². The van der Waals surface area contributed by atoms with E-state index in [1.165, 1.54) is 118 Å². The Morgan fingerprint density at radius 2 is 0.673 bits per heavy atom. The van der Waals surface area contributed by atoms with E-state index in [1.54, 1.807) is 0 Å². The molecule has 12 aromatic carbocycles. The summed E-state index contributed by atoms with van der Waals surface area (Å²) >= 11 is 1.91. The minimum Gasteiger partial charge on any atom is -0.0881 e. The predicted molar refractivity (Wildman–Crippen MR) is 239 cm³/mol. The van der Waals surface area contributed by atoms with Gasteiger partial charge in [0, 0.05) is 9.79 Å². The summed E-state index contributed by atoms with van der Waals surface area (Å²) in [4.78, 5) is 2.58. The van der Waals surface area contributed by atoms with Crippen LogP contribution in [0.2, 0.25) is 0 Å². The van der Waals surface area contributed by atoms with Crippen LogP contribution < -0.4 is 0 Å². The molecule has 0 unspecified atom stereocenters. The average molecular weight is 713 g/mol. The van der Waals surface area contributed by atoms with E-state index < -0.39 is 0 Å². The monoisotopic (exact) mass is 712 g/mol. The fraction of sp³-hybridized carbons (Fsp3) is 0. The molecule has 0 saturated heterocycles. The molecule has 0 aliphatic rings. The molecular formula is C54H32S. The van der Waals surface area contributed by atoms with Crippen molar-refractivity contribution in [2.24, 2.45) is 0 Å². The number of hydrogen-bond donors (Lipinski definition) is 0. The first kappa shape index (κ1) is 30.8. The van der Waals surface area contributed by atoms with E-state index in [2.05, 4.69) is 194 Å². The van der Waals surface area contributed by atoms with E-state index in [4.69, 9.17) is 0 Å². The standard InChI is InChI=1S/C54H32S/c1-2-13-37-32-38(27-24-33(37)12-1)50-39-16-3-5-18-41(39)52(42-19-6-4-17-40(42)50)53-43-20-7-9-22-45(43)54(46-23-10-8-21-44(46)53)55-48-31-29-36-26-25-34-14-11-15-35-28-30-47(48)51(36)49(34)35/h1-32H. The van der Waals surface area contributed by atoms with E-state index in [0.29, 0.717) is 0 Å². The Bertz CT molecular complexity index is 3390. The first-order chi connectivity index (χ1) is 27.3. The highest BCUT2D eigenvalue weighted by Gasteiger charge is 2.23. The molecule has 0 aliphatic carbocycles. The topological polar surface area (TPSA) is 0 Å². The van der Waals surface area contributed by atoms with Crippen LogP contribution >= 0.6 is 11.8 Å². The summed E-state index contributed by atoms with van der Waals surface area (Å²) in [5.74, 6) is 0. The van der Waals surface area contributed by atoms with Gasteiger partial charge < -0.3 is 0 Å². The highest BCUT2D eigenvalue weighted by Crippen LogP contribution is 2.51. The molecule has 0 radical (unpaired) electrons. The summed E-state index contributed by atoms with van der Waals surface area (Å²) < 4.78 is 0. The predicted octanol–water partition coefficient (Wildman–Crippen LogP) is 15.8. The largest absolute Gasteiger partial charge is 0.0881 e. The summed E-state index contributed by atoms with van der Waals surface area (Å²) in [5.41, 5.74) is 5.12. The molecule has 0 spiro atoms. The van der Waals surface area contributed by atoms with Crippen LogP contribution in [0.3, 0.4) is 0 Å². The van der Waals surface area contributed by atoms with E-state index in [9.17, 15) is 0 Å². The third-order valence-corrected chi connectivity index (χ3v) is 13.0. The van der Waals surface area contributed by atoms with Crippen LogP contribution in [0, 0.1) is 0 Å². The minimum atomic E-state index is 1.24. The third-order valence-electron chi connectivity index (χ3n) is 11.8. The second kappa shape index (κ2) is 11.9. The van der Waals surface area contributed by atoms with Crippen LogP contribution in [0.5, 0.6) is 0 Å². The van der Waals surface area contributed by atoms with Crippen molar-refractivity contribution in [1.82, 2.24) is 0 Å². The Morgan fingerprint density at radius 3 is 1.27 bits per heavy atom. The highest BCUT2D eigenvalue weighted by molar-refractivity contribution is 8.00.